The highest BCUT2D eigenvalue weighted by Crippen LogP contribution is 2.22. The number of rotatable bonds is 6. The highest BCUT2D eigenvalue weighted by molar-refractivity contribution is 6.35. The van der Waals surface area contributed by atoms with Gasteiger partial charge in [0.1, 0.15) is 5.82 Å². The summed E-state index contributed by atoms with van der Waals surface area (Å²) in [4.78, 5) is 0. The topological polar surface area (TPSA) is 12.0 Å². The molecule has 0 saturated heterocycles. The lowest BCUT2D eigenvalue weighted by Gasteiger charge is -2.18. The summed E-state index contributed by atoms with van der Waals surface area (Å²) in [6, 6.07) is 12.4. The summed E-state index contributed by atoms with van der Waals surface area (Å²) in [6.45, 7) is 2.77. The Morgan fingerprint density at radius 1 is 1.14 bits per heavy atom. The van der Waals surface area contributed by atoms with E-state index in [9.17, 15) is 4.39 Å². The third-order valence-electron chi connectivity index (χ3n) is 3.49. The van der Waals surface area contributed by atoms with Crippen molar-refractivity contribution in [2.24, 2.45) is 0 Å². The van der Waals surface area contributed by atoms with Crippen LogP contribution in [0.5, 0.6) is 0 Å². The summed E-state index contributed by atoms with van der Waals surface area (Å²) < 4.78 is 13.8. The highest BCUT2D eigenvalue weighted by atomic mass is 35.5. The molecule has 112 valence electrons. The first-order chi connectivity index (χ1) is 10.1. The first-order valence-corrected chi connectivity index (χ1v) is 7.79. The molecule has 0 bridgehead atoms. The molecule has 1 N–H and O–H groups in total. The molecule has 0 spiro atoms. The van der Waals surface area contributed by atoms with Crippen LogP contribution in [0.3, 0.4) is 0 Å². The fraction of sp³-hybridized carbons (Fsp3) is 0.294. The van der Waals surface area contributed by atoms with Gasteiger partial charge in [-0.15, -0.1) is 0 Å². The lowest BCUT2D eigenvalue weighted by atomic mass is 10.0. The van der Waals surface area contributed by atoms with Gasteiger partial charge in [-0.3, -0.25) is 0 Å². The number of halogens is 3. The molecule has 0 aromatic heterocycles. The molecule has 0 saturated carbocycles. The van der Waals surface area contributed by atoms with E-state index in [4.69, 9.17) is 23.2 Å². The molecule has 1 nitrogen and oxygen atoms in total. The van der Waals surface area contributed by atoms with Gasteiger partial charge in [0.05, 0.1) is 0 Å². The van der Waals surface area contributed by atoms with E-state index in [0.29, 0.717) is 15.6 Å². The molecule has 1 atom stereocenters. The fourth-order valence-electron chi connectivity index (χ4n) is 2.34. The summed E-state index contributed by atoms with van der Waals surface area (Å²) in [6.07, 6.45) is 1.61. The van der Waals surface area contributed by atoms with Crippen molar-refractivity contribution < 1.29 is 4.39 Å². The third kappa shape index (κ3) is 4.44. The standard InChI is InChI=1S/C17H18Cl2FN/c1-2-17(14-5-3-4-6-16(14)20)21-10-9-12-7-8-13(18)11-15(12)19/h3-8,11,17,21H,2,9-10H2,1H3. The van der Waals surface area contributed by atoms with Crippen molar-refractivity contribution in [1.29, 1.82) is 0 Å². The minimum absolute atomic E-state index is 0.0114. The smallest absolute Gasteiger partial charge is 0.127 e. The van der Waals surface area contributed by atoms with E-state index >= 15 is 0 Å². The molecule has 2 aromatic carbocycles. The average Bonchev–Trinajstić information content (AvgIpc) is 2.47. The molecule has 21 heavy (non-hydrogen) atoms. The Morgan fingerprint density at radius 2 is 1.90 bits per heavy atom. The molecular weight excluding hydrogens is 308 g/mol. The summed E-state index contributed by atoms with van der Waals surface area (Å²) >= 11 is 12.0. The number of hydrogen-bond donors (Lipinski definition) is 1. The second-order valence-electron chi connectivity index (χ2n) is 4.92. The van der Waals surface area contributed by atoms with Crippen molar-refractivity contribution in [1.82, 2.24) is 5.32 Å². The predicted molar refractivity (Wildman–Crippen MR) is 87.6 cm³/mol. The van der Waals surface area contributed by atoms with Gasteiger partial charge < -0.3 is 5.32 Å². The zero-order chi connectivity index (χ0) is 15.2. The average molecular weight is 326 g/mol. The second kappa shape index (κ2) is 7.79. The van der Waals surface area contributed by atoms with E-state index in [1.54, 1.807) is 12.1 Å². The van der Waals surface area contributed by atoms with Crippen LogP contribution in [0.1, 0.15) is 30.5 Å². The summed E-state index contributed by atoms with van der Waals surface area (Å²) in [5.41, 5.74) is 1.75. The minimum Gasteiger partial charge on any atom is -0.310 e. The van der Waals surface area contributed by atoms with E-state index in [1.807, 2.05) is 31.2 Å². The Morgan fingerprint density at radius 3 is 2.57 bits per heavy atom. The maximum atomic E-state index is 13.8. The van der Waals surface area contributed by atoms with Crippen LogP contribution in [0.15, 0.2) is 42.5 Å². The maximum Gasteiger partial charge on any atom is 0.127 e. The molecule has 2 rings (SSSR count). The van der Waals surface area contributed by atoms with Gasteiger partial charge >= 0.3 is 0 Å². The molecule has 0 aliphatic heterocycles. The normalized spacial score (nSPS) is 12.4. The summed E-state index contributed by atoms with van der Waals surface area (Å²) in [7, 11) is 0. The van der Waals surface area contributed by atoms with Crippen molar-refractivity contribution in [3.8, 4) is 0 Å². The van der Waals surface area contributed by atoms with Crippen LogP contribution in [-0.4, -0.2) is 6.54 Å². The number of benzene rings is 2. The molecule has 0 aliphatic rings. The summed E-state index contributed by atoms with van der Waals surface area (Å²) in [5, 5.41) is 4.69. The van der Waals surface area contributed by atoms with Crippen LogP contribution < -0.4 is 5.32 Å². The zero-order valence-electron chi connectivity index (χ0n) is 11.9. The fourth-order valence-corrected chi connectivity index (χ4v) is 2.84. The maximum absolute atomic E-state index is 13.8. The van der Waals surface area contributed by atoms with Crippen LogP contribution in [0.25, 0.3) is 0 Å². The zero-order valence-corrected chi connectivity index (χ0v) is 13.4. The molecule has 0 radical (unpaired) electrons. The lowest BCUT2D eigenvalue weighted by molar-refractivity contribution is 0.491. The second-order valence-corrected chi connectivity index (χ2v) is 5.77. The van der Waals surface area contributed by atoms with Crippen LogP contribution >= 0.6 is 23.2 Å². The van der Waals surface area contributed by atoms with Crippen molar-refractivity contribution in [2.45, 2.75) is 25.8 Å². The van der Waals surface area contributed by atoms with Gasteiger partial charge in [0.25, 0.3) is 0 Å². The van der Waals surface area contributed by atoms with Crippen LogP contribution in [-0.2, 0) is 6.42 Å². The van der Waals surface area contributed by atoms with Gasteiger partial charge in [-0.2, -0.15) is 0 Å². The number of nitrogens with one attached hydrogen (secondary N) is 1. The number of hydrogen-bond acceptors (Lipinski definition) is 1. The lowest BCUT2D eigenvalue weighted by Crippen LogP contribution is -2.24. The van der Waals surface area contributed by atoms with Gasteiger partial charge in [-0.1, -0.05) is 54.4 Å². The molecule has 1 unspecified atom stereocenters. The molecule has 4 heteroatoms. The third-order valence-corrected chi connectivity index (χ3v) is 4.08. The van der Waals surface area contributed by atoms with E-state index in [0.717, 1.165) is 24.9 Å². The molecule has 0 aliphatic carbocycles. The molecule has 0 amide bonds. The van der Waals surface area contributed by atoms with Crippen LogP contribution in [0.2, 0.25) is 10.0 Å². The van der Waals surface area contributed by atoms with Crippen molar-refractivity contribution in [3.05, 3.63) is 69.5 Å². The Hall–Kier alpha value is -1.09. The van der Waals surface area contributed by atoms with Crippen molar-refractivity contribution in [3.63, 3.8) is 0 Å². The van der Waals surface area contributed by atoms with Crippen molar-refractivity contribution >= 4 is 23.2 Å². The van der Waals surface area contributed by atoms with E-state index < -0.39 is 0 Å². The van der Waals surface area contributed by atoms with E-state index in [-0.39, 0.29) is 11.9 Å². The Labute approximate surface area is 135 Å². The van der Waals surface area contributed by atoms with E-state index in [2.05, 4.69) is 5.32 Å². The van der Waals surface area contributed by atoms with Gasteiger partial charge in [0.15, 0.2) is 0 Å². The quantitative estimate of drug-likeness (QED) is 0.748. The van der Waals surface area contributed by atoms with Gasteiger partial charge in [0.2, 0.25) is 0 Å². The first kappa shape index (κ1) is 16.3. The molecular formula is C17H18Cl2FN. The van der Waals surface area contributed by atoms with Gasteiger partial charge in [-0.25, -0.2) is 4.39 Å². The van der Waals surface area contributed by atoms with Crippen molar-refractivity contribution in [2.75, 3.05) is 6.54 Å². The SMILES string of the molecule is CCC(NCCc1ccc(Cl)cc1Cl)c1ccccc1F. The Balaban J connectivity index is 1.96. The monoisotopic (exact) mass is 325 g/mol. The predicted octanol–water partition coefficient (Wildman–Crippen LogP) is 5.42. The van der Waals surface area contributed by atoms with E-state index in [1.165, 1.54) is 6.07 Å². The molecule has 0 heterocycles. The molecule has 0 fully saturated rings. The minimum atomic E-state index is -0.165. The molecule has 2 aromatic rings. The van der Waals surface area contributed by atoms with Gasteiger partial charge in [-0.05, 0) is 43.1 Å². The van der Waals surface area contributed by atoms with Gasteiger partial charge in [0, 0.05) is 21.7 Å². The van der Waals surface area contributed by atoms with Crippen LogP contribution in [0, 0.1) is 5.82 Å². The summed E-state index contributed by atoms with van der Waals surface area (Å²) in [5.74, 6) is -0.165. The largest absolute Gasteiger partial charge is 0.310 e. The van der Waals surface area contributed by atoms with Crippen LogP contribution in [0.4, 0.5) is 4.39 Å². The highest BCUT2D eigenvalue weighted by Gasteiger charge is 2.12. The first-order valence-electron chi connectivity index (χ1n) is 7.03. The Kier molecular flexibility index (Phi) is 6.04. The Bertz CT molecular complexity index is 601.